The molecule has 0 aromatic heterocycles. The topological polar surface area (TPSA) is 40.6 Å². The summed E-state index contributed by atoms with van der Waals surface area (Å²) < 4.78 is 28.3. The average Bonchev–Trinajstić information content (AvgIpc) is 3.05. The fraction of sp³-hybridized carbons (Fsp3) is 0.538. The molecule has 0 bridgehead atoms. The third kappa shape index (κ3) is 10.7. The van der Waals surface area contributed by atoms with Crippen LogP contribution in [-0.2, 0) is 9.84 Å². The molecule has 0 aliphatic heterocycles. The van der Waals surface area contributed by atoms with E-state index in [0.29, 0.717) is 4.90 Å². The maximum atomic E-state index is 14.2. The van der Waals surface area contributed by atoms with Crippen molar-refractivity contribution in [2.45, 2.75) is 115 Å². The second-order valence-electron chi connectivity index (χ2n) is 12.1. The number of benzene rings is 3. The first kappa shape index (κ1) is 35.7. The first-order valence-electron chi connectivity index (χ1n) is 17.4. The second-order valence-corrected chi connectivity index (χ2v) is 14.1. The van der Waals surface area contributed by atoms with Crippen LogP contribution in [0.15, 0.2) is 83.8 Å². The van der Waals surface area contributed by atoms with Crippen molar-refractivity contribution in [1.82, 2.24) is 0 Å². The largest absolute Gasteiger partial charge is 0.372 e. The van der Waals surface area contributed by atoms with Crippen molar-refractivity contribution < 1.29 is 8.42 Å². The molecule has 0 amide bonds. The molecule has 242 valence electrons. The van der Waals surface area contributed by atoms with Gasteiger partial charge >= 0.3 is 0 Å². The fourth-order valence-corrected chi connectivity index (χ4v) is 7.98. The third-order valence-corrected chi connectivity index (χ3v) is 10.9. The summed E-state index contributed by atoms with van der Waals surface area (Å²) in [5.74, 6) is 0. The Morgan fingerprint density at radius 2 is 0.909 bits per heavy atom. The van der Waals surface area contributed by atoms with Gasteiger partial charge in [0, 0.05) is 37.6 Å². The normalized spacial score (nSPS) is 12.3. The Balaban J connectivity index is 1.87. The Labute approximate surface area is 269 Å². The first-order valence-corrected chi connectivity index (χ1v) is 19.0. The van der Waals surface area contributed by atoms with E-state index < -0.39 is 15.1 Å². The molecule has 44 heavy (non-hydrogen) atoms. The highest BCUT2D eigenvalue weighted by Gasteiger charge is 2.31. The summed E-state index contributed by atoms with van der Waals surface area (Å²) in [7, 11) is -3.66. The lowest BCUT2D eigenvalue weighted by Crippen LogP contribution is -2.26. The highest BCUT2D eigenvalue weighted by atomic mass is 32.2. The van der Waals surface area contributed by atoms with Gasteiger partial charge in [-0.05, 0) is 74.2 Å². The molecule has 0 fully saturated rings. The number of sulfone groups is 1. The summed E-state index contributed by atoms with van der Waals surface area (Å²) in [6.07, 6.45) is 15.4. The minimum atomic E-state index is -3.66. The predicted molar refractivity (Wildman–Crippen MR) is 191 cm³/mol. The van der Waals surface area contributed by atoms with Crippen molar-refractivity contribution in [2.24, 2.45) is 0 Å². The van der Waals surface area contributed by atoms with E-state index in [1.807, 2.05) is 30.3 Å². The molecular weight excluding hydrogens is 561 g/mol. The molecule has 0 heterocycles. The summed E-state index contributed by atoms with van der Waals surface area (Å²) in [5.41, 5.74) is 3.93. The smallest absolute Gasteiger partial charge is 0.189 e. The van der Waals surface area contributed by atoms with Gasteiger partial charge in [-0.15, -0.1) is 0 Å². The van der Waals surface area contributed by atoms with Gasteiger partial charge in [0.05, 0.1) is 4.90 Å². The predicted octanol–water partition coefficient (Wildman–Crippen LogP) is 10.6. The standard InChI is InChI=1S/C39H58N2O2S/c1-5-9-11-13-15-20-32-41(33-21-16-14-12-10-6-2)37-30-26-35(27-31-37)39(44(42,43)38-22-18-17-19-23-38)34-24-28-36(29-25-34)40(7-3)8-4/h17-19,22-31,39H,5-16,20-21,32-33H2,1-4H3. The van der Waals surface area contributed by atoms with Crippen LogP contribution in [0.2, 0.25) is 0 Å². The molecular formula is C39H58N2O2S. The lowest BCUT2D eigenvalue weighted by Gasteiger charge is -2.26. The molecule has 0 saturated carbocycles. The Morgan fingerprint density at radius 1 is 0.500 bits per heavy atom. The van der Waals surface area contributed by atoms with Crippen molar-refractivity contribution in [3.8, 4) is 0 Å². The zero-order valence-electron chi connectivity index (χ0n) is 28.0. The molecule has 0 saturated heterocycles. The summed E-state index contributed by atoms with van der Waals surface area (Å²) in [5, 5.41) is -0.768. The average molecular weight is 619 g/mol. The van der Waals surface area contributed by atoms with E-state index in [1.54, 1.807) is 24.3 Å². The highest BCUT2D eigenvalue weighted by molar-refractivity contribution is 7.91. The molecule has 0 radical (unpaired) electrons. The molecule has 1 atom stereocenters. The van der Waals surface area contributed by atoms with E-state index in [0.717, 1.165) is 43.0 Å². The maximum Gasteiger partial charge on any atom is 0.189 e. The van der Waals surface area contributed by atoms with Crippen molar-refractivity contribution in [3.63, 3.8) is 0 Å². The minimum Gasteiger partial charge on any atom is -0.372 e. The van der Waals surface area contributed by atoms with Crippen LogP contribution in [0.1, 0.15) is 121 Å². The van der Waals surface area contributed by atoms with E-state index in [-0.39, 0.29) is 0 Å². The van der Waals surface area contributed by atoms with Crippen molar-refractivity contribution in [2.75, 3.05) is 36.0 Å². The molecule has 5 heteroatoms. The van der Waals surface area contributed by atoms with Gasteiger partial charge in [-0.1, -0.05) is 121 Å². The van der Waals surface area contributed by atoms with Crippen LogP contribution in [0.3, 0.4) is 0 Å². The van der Waals surface area contributed by atoms with Crippen molar-refractivity contribution >= 4 is 21.2 Å². The summed E-state index contributed by atoms with van der Waals surface area (Å²) >= 11 is 0. The van der Waals surface area contributed by atoms with Gasteiger partial charge in [0.15, 0.2) is 9.84 Å². The summed E-state index contributed by atoms with van der Waals surface area (Å²) in [6, 6.07) is 25.4. The molecule has 0 aliphatic rings. The lowest BCUT2D eigenvalue weighted by molar-refractivity contribution is 0.575. The highest BCUT2D eigenvalue weighted by Crippen LogP contribution is 2.36. The molecule has 4 nitrogen and oxygen atoms in total. The molecule has 0 spiro atoms. The Hall–Kier alpha value is -2.79. The SMILES string of the molecule is CCCCCCCCN(CCCCCCCC)c1ccc(C(c2ccc(N(CC)CC)cc2)S(=O)(=O)c2ccccc2)cc1. The maximum absolute atomic E-state index is 14.2. The number of hydrogen-bond donors (Lipinski definition) is 0. The van der Waals surface area contributed by atoms with Gasteiger partial charge in [-0.25, -0.2) is 8.42 Å². The molecule has 0 N–H and O–H groups in total. The van der Waals surface area contributed by atoms with Gasteiger partial charge in [0.2, 0.25) is 0 Å². The van der Waals surface area contributed by atoms with Crippen LogP contribution in [-0.4, -0.2) is 34.6 Å². The molecule has 1 unspecified atom stereocenters. The van der Waals surface area contributed by atoms with Crippen LogP contribution in [0, 0.1) is 0 Å². The minimum absolute atomic E-state index is 0.356. The number of unbranched alkanes of at least 4 members (excludes halogenated alkanes) is 10. The van der Waals surface area contributed by atoms with E-state index >= 15 is 0 Å². The van der Waals surface area contributed by atoms with Gasteiger partial charge < -0.3 is 9.80 Å². The summed E-state index contributed by atoms with van der Waals surface area (Å²) in [6.45, 7) is 12.8. The van der Waals surface area contributed by atoms with Gasteiger partial charge in [0.25, 0.3) is 0 Å². The fourth-order valence-electron chi connectivity index (χ4n) is 6.14. The van der Waals surface area contributed by atoms with E-state index in [1.165, 1.54) is 82.7 Å². The Bertz CT molecular complexity index is 1250. The third-order valence-electron chi connectivity index (χ3n) is 8.83. The Morgan fingerprint density at radius 3 is 1.34 bits per heavy atom. The monoisotopic (exact) mass is 618 g/mol. The number of anilines is 2. The van der Waals surface area contributed by atoms with Crippen molar-refractivity contribution in [3.05, 3.63) is 90.0 Å². The molecule has 3 aromatic rings. The van der Waals surface area contributed by atoms with E-state index in [2.05, 4.69) is 61.8 Å². The zero-order chi connectivity index (χ0) is 31.6. The van der Waals surface area contributed by atoms with Crippen LogP contribution in [0.25, 0.3) is 0 Å². The number of nitrogens with zero attached hydrogens (tertiary/aromatic N) is 2. The van der Waals surface area contributed by atoms with Crippen LogP contribution >= 0.6 is 0 Å². The zero-order valence-corrected chi connectivity index (χ0v) is 28.8. The lowest BCUT2D eigenvalue weighted by atomic mass is 10.0. The second kappa shape index (κ2) is 19.6. The van der Waals surface area contributed by atoms with E-state index in [9.17, 15) is 8.42 Å². The quantitative estimate of drug-likeness (QED) is 0.105. The van der Waals surface area contributed by atoms with Gasteiger partial charge in [0.1, 0.15) is 5.25 Å². The first-order chi connectivity index (χ1) is 21.5. The molecule has 0 aliphatic carbocycles. The van der Waals surface area contributed by atoms with E-state index in [4.69, 9.17) is 0 Å². The molecule has 3 rings (SSSR count). The van der Waals surface area contributed by atoms with Crippen LogP contribution < -0.4 is 9.80 Å². The number of hydrogen-bond acceptors (Lipinski definition) is 4. The van der Waals surface area contributed by atoms with Crippen LogP contribution in [0.4, 0.5) is 11.4 Å². The summed E-state index contributed by atoms with van der Waals surface area (Å²) in [4.78, 5) is 5.17. The molecule has 3 aromatic carbocycles. The van der Waals surface area contributed by atoms with Crippen LogP contribution in [0.5, 0.6) is 0 Å². The number of rotatable bonds is 22. The van der Waals surface area contributed by atoms with Gasteiger partial charge in [-0.3, -0.25) is 0 Å². The van der Waals surface area contributed by atoms with Crippen molar-refractivity contribution in [1.29, 1.82) is 0 Å². The Kier molecular flexibility index (Phi) is 15.9. The van der Waals surface area contributed by atoms with Gasteiger partial charge in [-0.2, -0.15) is 0 Å².